The van der Waals surface area contributed by atoms with Gasteiger partial charge in [0.2, 0.25) is 0 Å². The first-order valence-electron chi connectivity index (χ1n) is 8.76. The van der Waals surface area contributed by atoms with Crippen LogP contribution in [-0.2, 0) is 36.7 Å². The van der Waals surface area contributed by atoms with Crippen molar-refractivity contribution in [3.05, 3.63) is 0 Å². The molecule has 0 aromatic carbocycles. The highest BCUT2D eigenvalue weighted by molar-refractivity contribution is 6.53. The SMILES string of the molecule is COCCCO[Si](OCCCOC)(OCCCOC)OCCCOC. The zero-order valence-corrected chi connectivity index (χ0v) is 17.3. The van der Waals surface area contributed by atoms with E-state index in [1.54, 1.807) is 28.4 Å². The minimum Gasteiger partial charge on any atom is -0.385 e. The maximum absolute atomic E-state index is 5.94. The van der Waals surface area contributed by atoms with E-state index >= 15 is 0 Å². The monoisotopic (exact) mass is 384 g/mol. The highest BCUT2D eigenvalue weighted by atomic mass is 28.4. The van der Waals surface area contributed by atoms with Crippen LogP contribution in [0.1, 0.15) is 25.7 Å². The van der Waals surface area contributed by atoms with Gasteiger partial charge in [-0.3, -0.25) is 0 Å². The summed E-state index contributed by atoms with van der Waals surface area (Å²) in [5.41, 5.74) is 0. The molecular formula is C16H36O8Si. The van der Waals surface area contributed by atoms with Gasteiger partial charge in [0.05, 0.1) is 0 Å². The number of methoxy groups -OCH3 is 4. The van der Waals surface area contributed by atoms with Gasteiger partial charge in [-0.15, -0.1) is 0 Å². The fourth-order valence-electron chi connectivity index (χ4n) is 1.85. The fraction of sp³-hybridized carbons (Fsp3) is 1.00. The second kappa shape index (κ2) is 18.7. The molecule has 0 fully saturated rings. The first-order chi connectivity index (χ1) is 12.2. The van der Waals surface area contributed by atoms with Crippen LogP contribution in [-0.4, -0.2) is 90.3 Å². The molecule has 0 aliphatic heterocycles. The van der Waals surface area contributed by atoms with Crippen LogP contribution in [0, 0.1) is 0 Å². The van der Waals surface area contributed by atoms with Crippen molar-refractivity contribution in [1.82, 2.24) is 0 Å². The van der Waals surface area contributed by atoms with Crippen LogP contribution in [0.2, 0.25) is 0 Å². The summed E-state index contributed by atoms with van der Waals surface area (Å²) < 4.78 is 44.0. The van der Waals surface area contributed by atoms with E-state index in [-0.39, 0.29) is 0 Å². The molecule has 0 radical (unpaired) electrons. The molecule has 0 heterocycles. The van der Waals surface area contributed by atoms with Crippen LogP contribution in [0.4, 0.5) is 0 Å². The normalized spacial score (nSPS) is 12.0. The molecule has 0 N–H and O–H groups in total. The predicted octanol–water partition coefficient (Wildman–Crippen LogP) is 1.63. The number of rotatable bonds is 20. The van der Waals surface area contributed by atoms with Crippen LogP contribution < -0.4 is 0 Å². The second-order valence-corrected chi connectivity index (χ2v) is 7.43. The van der Waals surface area contributed by atoms with E-state index in [1.165, 1.54) is 0 Å². The van der Waals surface area contributed by atoms with Crippen molar-refractivity contribution in [1.29, 1.82) is 0 Å². The van der Waals surface area contributed by atoms with Crippen LogP contribution in [0.3, 0.4) is 0 Å². The van der Waals surface area contributed by atoms with Crippen LogP contribution >= 0.6 is 0 Å². The third-order valence-electron chi connectivity index (χ3n) is 3.09. The van der Waals surface area contributed by atoms with E-state index in [4.69, 9.17) is 36.7 Å². The third-order valence-corrected chi connectivity index (χ3v) is 5.32. The standard InChI is InChI=1S/C16H36O8Si/c1-17-9-5-13-21-25(22-14-6-10-18-2,23-15-7-11-19-3)24-16-8-12-20-4/h5-16H2,1-4H3. The maximum atomic E-state index is 5.94. The Hall–Kier alpha value is -0.103. The Labute approximate surface area is 153 Å². The largest absolute Gasteiger partial charge is 0.679 e. The van der Waals surface area contributed by atoms with E-state index < -0.39 is 9.05 Å². The van der Waals surface area contributed by atoms with Gasteiger partial charge in [-0.05, 0) is 25.7 Å². The molecule has 0 saturated carbocycles. The van der Waals surface area contributed by atoms with Gasteiger partial charge in [0.25, 0.3) is 0 Å². The van der Waals surface area contributed by atoms with Gasteiger partial charge in [-0.1, -0.05) is 0 Å². The maximum Gasteiger partial charge on any atom is 0.679 e. The highest BCUT2D eigenvalue weighted by Crippen LogP contribution is 2.15. The molecule has 0 aromatic rings. The number of hydrogen-bond acceptors (Lipinski definition) is 8. The number of ether oxygens (including phenoxy) is 4. The molecule has 152 valence electrons. The van der Waals surface area contributed by atoms with E-state index in [0.717, 1.165) is 25.7 Å². The lowest BCUT2D eigenvalue weighted by Gasteiger charge is -2.28. The highest BCUT2D eigenvalue weighted by Gasteiger charge is 2.45. The summed E-state index contributed by atoms with van der Waals surface area (Å²) in [4.78, 5) is 0. The molecule has 0 aliphatic rings. The minimum absolute atomic E-state index is 0.457. The molecule has 0 aliphatic carbocycles. The quantitative estimate of drug-likeness (QED) is 0.232. The van der Waals surface area contributed by atoms with Gasteiger partial charge in [0, 0.05) is 81.3 Å². The smallest absolute Gasteiger partial charge is 0.385 e. The molecule has 0 bridgehead atoms. The first kappa shape index (κ1) is 24.9. The van der Waals surface area contributed by atoms with E-state index in [1.807, 2.05) is 0 Å². The molecule has 0 saturated heterocycles. The van der Waals surface area contributed by atoms with Gasteiger partial charge < -0.3 is 36.7 Å². The topological polar surface area (TPSA) is 73.8 Å². The number of hydrogen-bond donors (Lipinski definition) is 0. The minimum atomic E-state index is -3.22. The predicted molar refractivity (Wildman–Crippen MR) is 95.5 cm³/mol. The summed E-state index contributed by atoms with van der Waals surface area (Å²) in [5, 5.41) is 0. The average molecular weight is 385 g/mol. The average Bonchev–Trinajstić information content (AvgIpc) is 2.63. The Morgan fingerprint density at radius 1 is 0.400 bits per heavy atom. The zero-order valence-electron chi connectivity index (χ0n) is 16.3. The van der Waals surface area contributed by atoms with Crippen molar-refractivity contribution in [2.75, 3.05) is 81.3 Å². The van der Waals surface area contributed by atoms with Gasteiger partial charge in [-0.25, -0.2) is 0 Å². The fourth-order valence-corrected chi connectivity index (χ4v) is 3.93. The summed E-state index contributed by atoms with van der Waals surface area (Å²) in [7, 11) is 3.43. The molecule has 0 aromatic heterocycles. The van der Waals surface area contributed by atoms with Gasteiger partial charge >= 0.3 is 9.05 Å². The van der Waals surface area contributed by atoms with E-state index in [0.29, 0.717) is 52.9 Å². The third kappa shape index (κ3) is 14.7. The summed E-state index contributed by atoms with van der Waals surface area (Å²) >= 11 is 0. The summed E-state index contributed by atoms with van der Waals surface area (Å²) in [6.45, 7) is 4.28. The lowest BCUT2D eigenvalue weighted by molar-refractivity contribution is -0.0438. The van der Waals surface area contributed by atoms with E-state index in [2.05, 4.69) is 0 Å². The summed E-state index contributed by atoms with van der Waals surface area (Å²) in [5.74, 6) is 0. The summed E-state index contributed by atoms with van der Waals surface area (Å²) in [6.07, 6.45) is 2.98. The molecule has 25 heavy (non-hydrogen) atoms. The second-order valence-electron chi connectivity index (χ2n) is 5.28. The Kier molecular flexibility index (Phi) is 18.6. The molecule has 0 spiro atoms. The van der Waals surface area contributed by atoms with Crippen molar-refractivity contribution >= 4 is 9.05 Å². The molecule has 0 amide bonds. The molecule has 0 atom stereocenters. The Bertz CT molecular complexity index is 217. The van der Waals surface area contributed by atoms with Gasteiger partial charge in [-0.2, -0.15) is 0 Å². The van der Waals surface area contributed by atoms with Gasteiger partial charge in [0.1, 0.15) is 0 Å². The van der Waals surface area contributed by atoms with Crippen molar-refractivity contribution < 1.29 is 36.7 Å². The lowest BCUT2D eigenvalue weighted by atomic mass is 10.5. The Morgan fingerprint density at radius 2 is 0.640 bits per heavy atom. The zero-order chi connectivity index (χ0) is 18.6. The summed E-state index contributed by atoms with van der Waals surface area (Å²) in [6, 6.07) is 0. The Morgan fingerprint density at radius 3 is 0.840 bits per heavy atom. The molecule has 0 rings (SSSR count). The van der Waals surface area contributed by atoms with Crippen molar-refractivity contribution in [3.8, 4) is 0 Å². The lowest BCUT2D eigenvalue weighted by Crippen LogP contribution is -2.50. The van der Waals surface area contributed by atoms with Crippen molar-refractivity contribution in [3.63, 3.8) is 0 Å². The van der Waals surface area contributed by atoms with Gasteiger partial charge in [0.15, 0.2) is 0 Å². The molecule has 9 heteroatoms. The molecular weight excluding hydrogens is 348 g/mol. The first-order valence-corrected chi connectivity index (χ1v) is 10.4. The van der Waals surface area contributed by atoms with Crippen LogP contribution in [0.15, 0.2) is 0 Å². The van der Waals surface area contributed by atoms with Crippen molar-refractivity contribution in [2.45, 2.75) is 25.7 Å². The van der Waals surface area contributed by atoms with Crippen LogP contribution in [0.5, 0.6) is 0 Å². The molecule has 0 unspecified atom stereocenters. The van der Waals surface area contributed by atoms with Crippen LogP contribution in [0.25, 0.3) is 0 Å². The van der Waals surface area contributed by atoms with E-state index in [9.17, 15) is 0 Å². The molecule has 8 nitrogen and oxygen atoms in total. The van der Waals surface area contributed by atoms with Crippen molar-refractivity contribution in [2.24, 2.45) is 0 Å². The Balaban J connectivity index is 4.62.